The highest BCUT2D eigenvalue weighted by molar-refractivity contribution is 5.90. The van der Waals surface area contributed by atoms with E-state index in [1.807, 2.05) is 0 Å². The zero-order valence-corrected chi connectivity index (χ0v) is 12.1. The Morgan fingerprint density at radius 3 is 2.50 bits per heavy atom. The summed E-state index contributed by atoms with van der Waals surface area (Å²) in [5.74, 6) is 0.540. The van der Waals surface area contributed by atoms with E-state index in [-0.39, 0.29) is 12.0 Å². The number of aliphatic carboxylic acids is 2. The van der Waals surface area contributed by atoms with Crippen molar-refractivity contribution in [3.05, 3.63) is 23.8 Å². The first-order chi connectivity index (χ1) is 9.37. The number of rotatable bonds is 5. The molecule has 1 aliphatic carbocycles. The van der Waals surface area contributed by atoms with E-state index in [1.165, 1.54) is 44.4 Å². The normalized spacial score (nSPS) is 20.1. The van der Waals surface area contributed by atoms with Gasteiger partial charge in [-0.25, -0.2) is 4.79 Å². The molecule has 1 unspecified atom stereocenters. The first-order valence-corrected chi connectivity index (χ1v) is 6.66. The molecule has 0 saturated heterocycles. The molecule has 0 heterocycles. The van der Waals surface area contributed by atoms with E-state index in [0.29, 0.717) is 0 Å². The lowest BCUT2D eigenvalue weighted by Gasteiger charge is -2.23. The Balaban J connectivity index is 0.000000441. The Morgan fingerprint density at radius 2 is 2.05 bits per heavy atom. The lowest BCUT2D eigenvalue weighted by molar-refractivity contribution is -0.145. The third-order valence-corrected chi connectivity index (χ3v) is 3.01. The molecule has 0 saturated carbocycles. The van der Waals surface area contributed by atoms with E-state index in [0.717, 1.165) is 6.42 Å². The predicted molar refractivity (Wildman–Crippen MR) is 78.2 cm³/mol. The zero-order valence-electron chi connectivity index (χ0n) is 12.1. The van der Waals surface area contributed by atoms with Gasteiger partial charge >= 0.3 is 11.9 Å². The minimum absolute atomic E-state index is 0.0359. The van der Waals surface area contributed by atoms with Crippen molar-refractivity contribution in [3.8, 4) is 12.3 Å². The maximum absolute atomic E-state index is 10.8. The molecule has 0 aromatic carbocycles. The quantitative estimate of drug-likeness (QED) is 0.598. The Labute approximate surface area is 120 Å². The van der Waals surface area contributed by atoms with E-state index < -0.39 is 17.4 Å². The lowest BCUT2D eigenvalue weighted by Crippen LogP contribution is -2.28. The van der Waals surface area contributed by atoms with Crippen LogP contribution >= 0.6 is 0 Å². The molecule has 1 atom stereocenters. The molecule has 0 aromatic heterocycles. The molecule has 0 amide bonds. The Morgan fingerprint density at radius 1 is 1.40 bits per heavy atom. The standard InChI is InChI=1S/C9H10O4.C7H12/c1-9(8(12)13)4-2-3-6(5-9)7(10)11;1-3-5-7-6-4-2/h2-4H,5H2,1H3,(H,10,11)(H,12,13);1H,4-7H2,2H3. The van der Waals surface area contributed by atoms with Crippen LogP contribution in [-0.2, 0) is 9.59 Å². The SMILES string of the molecule is C#CCCCCC.CC1(C(=O)O)C=CC=C(C(=O)O)C1. The fraction of sp³-hybridized carbons (Fsp3) is 0.500. The van der Waals surface area contributed by atoms with Crippen molar-refractivity contribution >= 4 is 11.9 Å². The Bertz CT molecular complexity index is 440. The van der Waals surface area contributed by atoms with Gasteiger partial charge in [0, 0.05) is 12.0 Å². The van der Waals surface area contributed by atoms with Crippen molar-refractivity contribution in [1.82, 2.24) is 0 Å². The summed E-state index contributed by atoms with van der Waals surface area (Å²) in [4.78, 5) is 21.3. The average molecular weight is 278 g/mol. The van der Waals surface area contributed by atoms with E-state index in [4.69, 9.17) is 16.6 Å². The van der Waals surface area contributed by atoms with Gasteiger partial charge in [0.25, 0.3) is 0 Å². The summed E-state index contributed by atoms with van der Waals surface area (Å²) in [6, 6.07) is 0. The third-order valence-electron chi connectivity index (χ3n) is 3.01. The highest BCUT2D eigenvalue weighted by Gasteiger charge is 2.34. The molecule has 110 valence electrons. The van der Waals surface area contributed by atoms with Gasteiger partial charge in [0.05, 0.1) is 5.41 Å². The molecule has 1 rings (SSSR count). The first kappa shape index (κ1) is 18.0. The molecule has 20 heavy (non-hydrogen) atoms. The molecular formula is C16H22O4. The van der Waals surface area contributed by atoms with Gasteiger partial charge in [0.2, 0.25) is 0 Å². The van der Waals surface area contributed by atoms with Crippen LogP contribution in [0.4, 0.5) is 0 Å². The van der Waals surface area contributed by atoms with Crippen molar-refractivity contribution in [2.45, 2.75) is 46.0 Å². The topological polar surface area (TPSA) is 74.6 Å². The second-order valence-corrected chi connectivity index (χ2v) is 4.92. The van der Waals surface area contributed by atoms with Gasteiger partial charge in [-0.05, 0) is 19.8 Å². The zero-order chi connectivity index (χ0) is 15.6. The highest BCUT2D eigenvalue weighted by Crippen LogP contribution is 2.31. The van der Waals surface area contributed by atoms with Crippen molar-refractivity contribution in [2.24, 2.45) is 5.41 Å². The van der Waals surface area contributed by atoms with Crippen LogP contribution in [0, 0.1) is 17.8 Å². The van der Waals surface area contributed by atoms with Crippen LogP contribution in [0.1, 0.15) is 46.0 Å². The van der Waals surface area contributed by atoms with Gasteiger partial charge in [-0.1, -0.05) is 38.0 Å². The van der Waals surface area contributed by atoms with Crippen molar-refractivity contribution in [1.29, 1.82) is 0 Å². The molecule has 0 spiro atoms. The number of carboxylic acids is 2. The van der Waals surface area contributed by atoms with Crippen molar-refractivity contribution in [3.63, 3.8) is 0 Å². The monoisotopic (exact) mass is 278 g/mol. The molecule has 4 nitrogen and oxygen atoms in total. The van der Waals surface area contributed by atoms with Gasteiger partial charge in [0.1, 0.15) is 0 Å². The Kier molecular flexibility index (Phi) is 8.07. The number of hydrogen-bond acceptors (Lipinski definition) is 2. The number of carboxylic acid groups (broad SMARTS) is 2. The van der Waals surface area contributed by atoms with Crippen LogP contribution in [-0.4, -0.2) is 22.2 Å². The van der Waals surface area contributed by atoms with Crippen molar-refractivity contribution in [2.75, 3.05) is 0 Å². The second kappa shape index (κ2) is 8.98. The molecule has 0 radical (unpaired) electrons. The fourth-order valence-electron chi connectivity index (χ4n) is 1.66. The summed E-state index contributed by atoms with van der Waals surface area (Å²) < 4.78 is 0. The number of allylic oxidation sites excluding steroid dienone is 2. The lowest BCUT2D eigenvalue weighted by atomic mass is 9.80. The van der Waals surface area contributed by atoms with Gasteiger partial charge in [-0.2, -0.15) is 0 Å². The minimum Gasteiger partial charge on any atom is -0.481 e. The molecule has 4 heteroatoms. The first-order valence-electron chi connectivity index (χ1n) is 6.66. The van der Waals surface area contributed by atoms with Crippen LogP contribution in [0.15, 0.2) is 23.8 Å². The maximum atomic E-state index is 10.8. The summed E-state index contributed by atoms with van der Waals surface area (Å²) in [7, 11) is 0. The summed E-state index contributed by atoms with van der Waals surface area (Å²) >= 11 is 0. The number of unbranched alkanes of at least 4 members (excludes halogenated alkanes) is 3. The van der Waals surface area contributed by atoms with E-state index in [2.05, 4.69) is 12.8 Å². The molecular weight excluding hydrogens is 256 g/mol. The molecule has 0 bridgehead atoms. The molecule has 0 aromatic rings. The van der Waals surface area contributed by atoms with Gasteiger partial charge in [-0.15, -0.1) is 12.3 Å². The van der Waals surface area contributed by atoms with E-state index in [9.17, 15) is 9.59 Å². The smallest absolute Gasteiger partial charge is 0.331 e. The van der Waals surface area contributed by atoms with Gasteiger partial charge < -0.3 is 10.2 Å². The largest absolute Gasteiger partial charge is 0.481 e. The van der Waals surface area contributed by atoms with Crippen LogP contribution < -0.4 is 0 Å². The number of carbonyl (C=O) groups is 2. The van der Waals surface area contributed by atoms with Crippen LogP contribution in [0.5, 0.6) is 0 Å². The summed E-state index contributed by atoms with van der Waals surface area (Å²) in [6.07, 6.45) is 14.2. The third kappa shape index (κ3) is 6.24. The molecule has 1 aliphatic rings. The van der Waals surface area contributed by atoms with Crippen LogP contribution in [0.25, 0.3) is 0 Å². The van der Waals surface area contributed by atoms with Crippen LogP contribution in [0.2, 0.25) is 0 Å². The molecule has 0 fully saturated rings. The number of hydrogen-bond donors (Lipinski definition) is 2. The summed E-state index contributed by atoms with van der Waals surface area (Å²) in [6.45, 7) is 3.68. The van der Waals surface area contributed by atoms with Gasteiger partial charge in [0.15, 0.2) is 0 Å². The van der Waals surface area contributed by atoms with E-state index >= 15 is 0 Å². The van der Waals surface area contributed by atoms with Gasteiger partial charge in [-0.3, -0.25) is 4.79 Å². The maximum Gasteiger partial charge on any atom is 0.331 e. The Hall–Kier alpha value is -2.02. The van der Waals surface area contributed by atoms with Crippen LogP contribution in [0.3, 0.4) is 0 Å². The molecule has 2 N–H and O–H groups in total. The van der Waals surface area contributed by atoms with E-state index in [1.54, 1.807) is 0 Å². The summed E-state index contributed by atoms with van der Waals surface area (Å²) in [5, 5.41) is 17.5. The van der Waals surface area contributed by atoms with Crippen molar-refractivity contribution < 1.29 is 19.8 Å². The fourth-order valence-corrected chi connectivity index (χ4v) is 1.66. The highest BCUT2D eigenvalue weighted by atomic mass is 16.4. The molecule has 0 aliphatic heterocycles. The predicted octanol–water partition coefficient (Wildman–Crippen LogP) is 3.25. The minimum atomic E-state index is -1.08. The number of terminal acetylenes is 1. The average Bonchev–Trinajstić information content (AvgIpc) is 2.40. The summed E-state index contributed by atoms with van der Waals surface area (Å²) in [5.41, 5.74) is -0.949. The second-order valence-electron chi connectivity index (χ2n) is 4.92.